The summed E-state index contributed by atoms with van der Waals surface area (Å²) in [6, 6.07) is 25.8. The van der Waals surface area contributed by atoms with Crippen LogP contribution in [0.4, 0.5) is 0 Å². The largest absolute Gasteiger partial charge is 0.289 e. The quantitative estimate of drug-likeness (QED) is 0.296. The third kappa shape index (κ3) is 2.29. The fourth-order valence-electron chi connectivity index (χ4n) is 4.45. The molecule has 0 aromatic heterocycles. The van der Waals surface area contributed by atoms with Crippen LogP contribution in [-0.4, -0.2) is 11.6 Å². The molecule has 0 amide bonds. The van der Waals surface area contributed by atoms with Crippen LogP contribution in [0.15, 0.2) is 78.9 Å². The molecule has 0 aliphatic heterocycles. The van der Waals surface area contributed by atoms with Gasteiger partial charge in [0.15, 0.2) is 11.6 Å². The topological polar surface area (TPSA) is 34.1 Å². The number of carbonyl (C=O) groups is 2. The number of benzene rings is 5. The second-order valence-corrected chi connectivity index (χ2v) is 7.85. The average molecular weight is 372 g/mol. The van der Waals surface area contributed by atoms with E-state index >= 15 is 0 Å². The standard InChI is InChI=1S/C27H16O2/c1-15-6-7-18-9-20-13-24-25(14-21(20)10-19(18)8-15)27(29)23-12-17-5-3-2-4-16(17)11-22(23)26(24)28/h2-14H,1H3. The Morgan fingerprint density at radius 3 is 1.41 bits per heavy atom. The molecule has 5 aromatic carbocycles. The Labute approximate surface area is 167 Å². The molecular formula is C27H16O2. The molecule has 0 radical (unpaired) electrons. The van der Waals surface area contributed by atoms with Crippen LogP contribution in [0.1, 0.15) is 37.4 Å². The fraction of sp³-hybridized carbons (Fsp3) is 0.0370. The number of fused-ring (bicyclic) bond motifs is 5. The van der Waals surface area contributed by atoms with Crippen molar-refractivity contribution in [3.63, 3.8) is 0 Å². The second-order valence-electron chi connectivity index (χ2n) is 7.85. The van der Waals surface area contributed by atoms with Crippen LogP contribution >= 0.6 is 0 Å². The maximum atomic E-state index is 13.3. The summed E-state index contributed by atoms with van der Waals surface area (Å²) in [6.45, 7) is 2.07. The number of carbonyl (C=O) groups excluding carboxylic acids is 2. The maximum Gasteiger partial charge on any atom is 0.194 e. The second kappa shape index (κ2) is 5.62. The Morgan fingerprint density at radius 2 is 0.862 bits per heavy atom. The van der Waals surface area contributed by atoms with Crippen molar-refractivity contribution in [2.24, 2.45) is 0 Å². The molecule has 0 heterocycles. The van der Waals surface area contributed by atoms with Gasteiger partial charge in [-0.25, -0.2) is 0 Å². The van der Waals surface area contributed by atoms with Gasteiger partial charge in [0.1, 0.15) is 0 Å². The smallest absolute Gasteiger partial charge is 0.194 e. The molecule has 0 N–H and O–H groups in total. The van der Waals surface area contributed by atoms with Crippen LogP contribution in [0.3, 0.4) is 0 Å². The lowest BCUT2D eigenvalue weighted by molar-refractivity contribution is 0.0979. The minimum atomic E-state index is -0.0775. The molecule has 1 aliphatic rings. The molecule has 0 fully saturated rings. The molecule has 5 aromatic rings. The van der Waals surface area contributed by atoms with Gasteiger partial charge in [-0.2, -0.15) is 0 Å². The first-order valence-electron chi connectivity index (χ1n) is 9.69. The molecule has 6 rings (SSSR count). The van der Waals surface area contributed by atoms with Gasteiger partial charge in [0.05, 0.1) is 0 Å². The number of ketones is 2. The number of hydrogen-bond acceptors (Lipinski definition) is 2. The summed E-state index contributed by atoms with van der Waals surface area (Å²) >= 11 is 0. The number of rotatable bonds is 0. The number of hydrogen-bond donors (Lipinski definition) is 0. The summed E-state index contributed by atoms with van der Waals surface area (Å²) in [4.78, 5) is 26.6. The zero-order valence-corrected chi connectivity index (χ0v) is 15.8. The highest BCUT2D eigenvalue weighted by Crippen LogP contribution is 2.34. The average Bonchev–Trinajstić information content (AvgIpc) is 2.74. The minimum absolute atomic E-state index is 0.0772. The van der Waals surface area contributed by atoms with Gasteiger partial charge in [-0.3, -0.25) is 9.59 Å². The molecule has 1 aliphatic carbocycles. The summed E-state index contributed by atoms with van der Waals surface area (Å²) in [5, 5.41) is 6.16. The highest BCUT2D eigenvalue weighted by molar-refractivity contribution is 6.30. The minimum Gasteiger partial charge on any atom is -0.289 e. The van der Waals surface area contributed by atoms with Crippen molar-refractivity contribution in [2.45, 2.75) is 6.92 Å². The van der Waals surface area contributed by atoms with E-state index in [1.165, 1.54) is 5.56 Å². The van der Waals surface area contributed by atoms with E-state index in [0.29, 0.717) is 22.3 Å². The first-order valence-corrected chi connectivity index (χ1v) is 9.69. The number of aryl methyl sites for hydroxylation is 1. The lowest BCUT2D eigenvalue weighted by atomic mass is 9.81. The molecule has 0 unspecified atom stereocenters. The van der Waals surface area contributed by atoms with Crippen LogP contribution < -0.4 is 0 Å². The van der Waals surface area contributed by atoms with Crippen molar-refractivity contribution in [3.05, 3.63) is 107 Å². The summed E-state index contributed by atoms with van der Waals surface area (Å²) in [5.74, 6) is -0.155. The SMILES string of the molecule is Cc1ccc2cc3cc4c(cc3cc2c1)C(=O)c1cc2ccccc2cc1C4=O. The van der Waals surface area contributed by atoms with E-state index in [1.807, 2.05) is 48.5 Å². The normalized spacial score (nSPS) is 13.1. The van der Waals surface area contributed by atoms with E-state index in [1.54, 1.807) is 0 Å². The van der Waals surface area contributed by atoms with E-state index in [2.05, 4.69) is 37.3 Å². The van der Waals surface area contributed by atoms with Crippen LogP contribution in [0.25, 0.3) is 32.3 Å². The molecule has 2 heteroatoms. The summed E-state index contributed by atoms with van der Waals surface area (Å²) in [5.41, 5.74) is 3.19. The molecular weight excluding hydrogens is 356 g/mol. The van der Waals surface area contributed by atoms with Gasteiger partial charge in [0, 0.05) is 22.3 Å². The van der Waals surface area contributed by atoms with Crippen LogP contribution in [0.2, 0.25) is 0 Å². The van der Waals surface area contributed by atoms with Gasteiger partial charge < -0.3 is 0 Å². The van der Waals surface area contributed by atoms with Crippen molar-refractivity contribution in [3.8, 4) is 0 Å². The Bertz CT molecular complexity index is 1540. The van der Waals surface area contributed by atoms with Gasteiger partial charge in [-0.15, -0.1) is 0 Å². The molecule has 29 heavy (non-hydrogen) atoms. The predicted molar refractivity (Wildman–Crippen MR) is 117 cm³/mol. The summed E-state index contributed by atoms with van der Waals surface area (Å²) in [7, 11) is 0. The van der Waals surface area contributed by atoms with Crippen molar-refractivity contribution in [1.82, 2.24) is 0 Å². The zero-order chi connectivity index (χ0) is 19.7. The first-order chi connectivity index (χ1) is 14.1. The van der Waals surface area contributed by atoms with Gasteiger partial charge in [0.2, 0.25) is 0 Å². The van der Waals surface area contributed by atoms with E-state index < -0.39 is 0 Å². The third-order valence-electron chi connectivity index (χ3n) is 5.95. The van der Waals surface area contributed by atoms with E-state index in [-0.39, 0.29) is 11.6 Å². The van der Waals surface area contributed by atoms with E-state index in [4.69, 9.17) is 0 Å². The molecule has 0 saturated heterocycles. The predicted octanol–water partition coefficient (Wildman–Crippen LogP) is 6.23. The van der Waals surface area contributed by atoms with Gasteiger partial charge in [-0.05, 0) is 75.6 Å². The maximum absolute atomic E-state index is 13.3. The Kier molecular flexibility index (Phi) is 3.14. The van der Waals surface area contributed by atoms with Crippen LogP contribution in [-0.2, 0) is 0 Å². The van der Waals surface area contributed by atoms with Crippen molar-refractivity contribution >= 4 is 43.9 Å². The Morgan fingerprint density at radius 1 is 0.448 bits per heavy atom. The zero-order valence-electron chi connectivity index (χ0n) is 15.8. The highest BCUT2D eigenvalue weighted by Gasteiger charge is 2.30. The van der Waals surface area contributed by atoms with E-state index in [9.17, 15) is 9.59 Å². The fourth-order valence-corrected chi connectivity index (χ4v) is 4.45. The van der Waals surface area contributed by atoms with Crippen LogP contribution in [0.5, 0.6) is 0 Å². The summed E-state index contributed by atoms with van der Waals surface area (Å²) < 4.78 is 0. The molecule has 0 bridgehead atoms. The molecule has 136 valence electrons. The third-order valence-corrected chi connectivity index (χ3v) is 5.95. The van der Waals surface area contributed by atoms with Crippen molar-refractivity contribution in [1.29, 1.82) is 0 Å². The summed E-state index contributed by atoms with van der Waals surface area (Å²) in [6.07, 6.45) is 0. The van der Waals surface area contributed by atoms with E-state index in [0.717, 1.165) is 32.3 Å². The van der Waals surface area contributed by atoms with Gasteiger partial charge in [0.25, 0.3) is 0 Å². The van der Waals surface area contributed by atoms with Gasteiger partial charge in [-0.1, -0.05) is 48.0 Å². The van der Waals surface area contributed by atoms with Crippen LogP contribution in [0, 0.1) is 6.92 Å². The molecule has 0 saturated carbocycles. The Hall–Kier alpha value is -3.78. The lowest BCUT2D eigenvalue weighted by Gasteiger charge is -2.19. The first kappa shape index (κ1) is 16.2. The highest BCUT2D eigenvalue weighted by atomic mass is 16.1. The molecule has 0 spiro atoms. The van der Waals surface area contributed by atoms with Gasteiger partial charge >= 0.3 is 0 Å². The monoisotopic (exact) mass is 372 g/mol. The molecule has 2 nitrogen and oxygen atoms in total. The van der Waals surface area contributed by atoms with Crippen molar-refractivity contribution in [2.75, 3.05) is 0 Å². The lowest BCUT2D eigenvalue weighted by Crippen LogP contribution is -2.20. The molecule has 0 atom stereocenters. The van der Waals surface area contributed by atoms with Crippen molar-refractivity contribution < 1.29 is 9.59 Å². The Balaban J connectivity index is 1.64.